The highest BCUT2D eigenvalue weighted by atomic mass is 32.1. The number of carbonyl (C=O) groups excluding carboxylic acids is 1. The molecule has 0 unspecified atom stereocenters. The van der Waals surface area contributed by atoms with Crippen molar-refractivity contribution < 1.29 is 14.6 Å². The van der Waals surface area contributed by atoms with Crippen LogP contribution in [0.3, 0.4) is 0 Å². The van der Waals surface area contributed by atoms with E-state index in [1.165, 1.54) is 7.11 Å². The zero-order chi connectivity index (χ0) is 15.1. The smallest absolute Gasteiger partial charge is 0.256 e. The van der Waals surface area contributed by atoms with Gasteiger partial charge in [0.05, 0.1) is 12.7 Å². The second-order valence-electron chi connectivity index (χ2n) is 4.97. The first kappa shape index (κ1) is 13.8. The van der Waals surface area contributed by atoms with Crippen molar-refractivity contribution in [2.24, 2.45) is 0 Å². The number of methoxy groups -OCH3 is 1. The third kappa shape index (κ3) is 2.21. The van der Waals surface area contributed by atoms with Gasteiger partial charge in [-0.1, -0.05) is 6.07 Å². The summed E-state index contributed by atoms with van der Waals surface area (Å²) in [6, 6.07) is 5.03. The van der Waals surface area contributed by atoms with E-state index in [1.807, 2.05) is 13.8 Å². The van der Waals surface area contributed by atoms with Crippen molar-refractivity contribution in [2.75, 3.05) is 12.4 Å². The number of benzene rings is 1. The Morgan fingerprint density at radius 2 is 2.05 bits per heavy atom. The summed E-state index contributed by atoms with van der Waals surface area (Å²) in [5.41, 5.74) is 2.56. The summed E-state index contributed by atoms with van der Waals surface area (Å²) in [5, 5.41) is 16.8. The molecule has 110 valence electrons. The second kappa shape index (κ2) is 4.96. The summed E-state index contributed by atoms with van der Waals surface area (Å²) < 4.78 is 5.11. The zero-order valence-electron chi connectivity index (χ0n) is 12.0. The zero-order valence-corrected chi connectivity index (χ0v) is 12.8. The van der Waals surface area contributed by atoms with Crippen molar-refractivity contribution in [3.05, 3.63) is 39.8 Å². The van der Waals surface area contributed by atoms with Crippen molar-refractivity contribution in [3.63, 3.8) is 0 Å². The predicted octanol–water partition coefficient (Wildman–Crippen LogP) is 2.93. The van der Waals surface area contributed by atoms with Gasteiger partial charge in [-0.05, 0) is 37.1 Å². The molecule has 1 aromatic heterocycles. The lowest BCUT2D eigenvalue weighted by Crippen LogP contribution is -2.38. The molecule has 1 aliphatic heterocycles. The largest absolute Gasteiger partial charge is 0.504 e. The molecule has 0 fully saturated rings. The van der Waals surface area contributed by atoms with Gasteiger partial charge < -0.3 is 20.5 Å². The molecule has 5 nitrogen and oxygen atoms in total. The van der Waals surface area contributed by atoms with E-state index in [2.05, 4.69) is 10.6 Å². The van der Waals surface area contributed by atoms with Gasteiger partial charge in [-0.25, -0.2) is 0 Å². The van der Waals surface area contributed by atoms with E-state index in [1.54, 1.807) is 29.5 Å². The Morgan fingerprint density at radius 3 is 2.76 bits per heavy atom. The number of aromatic hydroxyl groups is 1. The number of phenols is 1. The molecule has 0 saturated carbocycles. The second-order valence-corrected chi connectivity index (χ2v) is 6.19. The minimum atomic E-state index is -0.336. The molecule has 1 aliphatic rings. The molecule has 6 heteroatoms. The number of thiophene rings is 1. The van der Waals surface area contributed by atoms with Crippen LogP contribution in [0.25, 0.3) is 0 Å². The molecule has 2 heterocycles. The topological polar surface area (TPSA) is 70.6 Å². The lowest BCUT2D eigenvalue weighted by Gasteiger charge is -2.26. The van der Waals surface area contributed by atoms with Crippen molar-refractivity contribution >= 4 is 22.2 Å². The molecule has 1 atom stereocenters. The molecule has 0 saturated heterocycles. The molecular weight excluding hydrogens is 288 g/mol. The summed E-state index contributed by atoms with van der Waals surface area (Å²) in [4.78, 5) is 13.4. The number of carbonyl (C=O) groups is 1. The number of amides is 1. The van der Waals surface area contributed by atoms with E-state index in [4.69, 9.17) is 4.74 Å². The van der Waals surface area contributed by atoms with Gasteiger partial charge in [-0.2, -0.15) is 0 Å². The molecule has 1 aromatic carbocycles. The van der Waals surface area contributed by atoms with Crippen molar-refractivity contribution in [2.45, 2.75) is 20.0 Å². The van der Waals surface area contributed by atoms with Crippen LogP contribution in [0.5, 0.6) is 11.5 Å². The Hall–Kier alpha value is -2.21. The fourth-order valence-corrected chi connectivity index (χ4v) is 3.50. The molecule has 0 spiro atoms. The third-order valence-electron chi connectivity index (χ3n) is 3.70. The van der Waals surface area contributed by atoms with Crippen LogP contribution >= 0.6 is 11.3 Å². The van der Waals surface area contributed by atoms with E-state index in [0.717, 1.165) is 26.6 Å². The Morgan fingerprint density at radius 1 is 1.29 bits per heavy atom. The average Bonchev–Trinajstić information content (AvgIpc) is 2.75. The predicted molar refractivity (Wildman–Crippen MR) is 82.3 cm³/mol. The van der Waals surface area contributed by atoms with Crippen LogP contribution in [-0.2, 0) is 0 Å². The fraction of sp³-hybridized carbons (Fsp3) is 0.267. The Labute approximate surface area is 126 Å². The maximum Gasteiger partial charge on any atom is 0.256 e. The van der Waals surface area contributed by atoms with Gasteiger partial charge in [0, 0.05) is 4.88 Å². The van der Waals surface area contributed by atoms with Crippen LogP contribution < -0.4 is 15.4 Å². The van der Waals surface area contributed by atoms with Crippen LogP contribution in [0, 0.1) is 13.8 Å². The number of nitrogens with one attached hydrogen (secondary N) is 2. The first-order valence-electron chi connectivity index (χ1n) is 6.55. The van der Waals surface area contributed by atoms with E-state index >= 15 is 0 Å². The SMILES string of the molecule is COc1cc([C@@H]2NC(=O)c3c(sc(C)c3C)N2)ccc1O. The molecular formula is C15H16N2O3S. The molecule has 1 amide bonds. The van der Waals surface area contributed by atoms with Crippen LogP contribution in [0.1, 0.15) is 32.5 Å². The fourth-order valence-electron chi connectivity index (χ4n) is 2.41. The number of rotatable bonds is 2. The standard InChI is InChI=1S/C15H16N2O3S/c1-7-8(2)21-15-12(7)14(19)16-13(17-15)9-4-5-10(18)11(6-9)20-3/h4-6,13,17-18H,1-3H3,(H,16,19)/t13-/m1/s1. The highest BCUT2D eigenvalue weighted by Crippen LogP contribution is 2.38. The van der Waals surface area contributed by atoms with Crippen LogP contribution in [0.15, 0.2) is 18.2 Å². The Balaban J connectivity index is 1.97. The quantitative estimate of drug-likeness (QED) is 0.798. The lowest BCUT2D eigenvalue weighted by atomic mass is 10.1. The average molecular weight is 304 g/mol. The van der Waals surface area contributed by atoms with Gasteiger partial charge in [0.25, 0.3) is 5.91 Å². The summed E-state index contributed by atoms with van der Waals surface area (Å²) in [6.45, 7) is 3.96. The Bertz CT molecular complexity index is 724. The van der Waals surface area contributed by atoms with Crippen molar-refractivity contribution in [3.8, 4) is 11.5 Å². The van der Waals surface area contributed by atoms with Gasteiger partial charge >= 0.3 is 0 Å². The molecule has 3 N–H and O–H groups in total. The molecule has 21 heavy (non-hydrogen) atoms. The molecule has 0 aliphatic carbocycles. The van der Waals surface area contributed by atoms with Crippen molar-refractivity contribution in [1.82, 2.24) is 5.32 Å². The number of aryl methyl sites for hydroxylation is 1. The number of hydrogen-bond donors (Lipinski definition) is 3. The van der Waals surface area contributed by atoms with E-state index < -0.39 is 0 Å². The van der Waals surface area contributed by atoms with E-state index in [9.17, 15) is 9.90 Å². The molecule has 3 rings (SSSR count). The maximum atomic E-state index is 12.3. The summed E-state index contributed by atoms with van der Waals surface area (Å²) >= 11 is 1.58. The van der Waals surface area contributed by atoms with Gasteiger partial charge in [0.1, 0.15) is 11.2 Å². The summed E-state index contributed by atoms with van der Waals surface area (Å²) in [7, 11) is 1.50. The Kier molecular flexibility index (Phi) is 3.25. The number of phenolic OH excluding ortho intramolecular Hbond substituents is 1. The molecule has 0 radical (unpaired) electrons. The van der Waals surface area contributed by atoms with E-state index in [0.29, 0.717) is 5.75 Å². The minimum Gasteiger partial charge on any atom is -0.504 e. The summed E-state index contributed by atoms with van der Waals surface area (Å²) in [6.07, 6.45) is -0.336. The molecule has 2 aromatic rings. The van der Waals surface area contributed by atoms with Gasteiger partial charge in [-0.3, -0.25) is 4.79 Å². The number of fused-ring (bicyclic) bond motifs is 1. The number of ether oxygens (including phenoxy) is 1. The number of hydrogen-bond acceptors (Lipinski definition) is 5. The van der Waals surface area contributed by atoms with Crippen LogP contribution in [-0.4, -0.2) is 18.1 Å². The van der Waals surface area contributed by atoms with Gasteiger partial charge in [-0.15, -0.1) is 11.3 Å². The molecule has 0 bridgehead atoms. The highest BCUT2D eigenvalue weighted by molar-refractivity contribution is 7.16. The maximum absolute atomic E-state index is 12.3. The normalized spacial score (nSPS) is 16.9. The van der Waals surface area contributed by atoms with Crippen molar-refractivity contribution in [1.29, 1.82) is 0 Å². The lowest BCUT2D eigenvalue weighted by molar-refractivity contribution is 0.0935. The van der Waals surface area contributed by atoms with E-state index in [-0.39, 0.29) is 17.8 Å². The highest BCUT2D eigenvalue weighted by Gasteiger charge is 2.29. The first-order valence-corrected chi connectivity index (χ1v) is 7.37. The number of anilines is 1. The minimum absolute atomic E-state index is 0.0758. The third-order valence-corrected chi connectivity index (χ3v) is 4.84. The van der Waals surface area contributed by atoms with Crippen LogP contribution in [0.4, 0.5) is 5.00 Å². The first-order chi connectivity index (χ1) is 10.0. The van der Waals surface area contributed by atoms with Gasteiger partial charge in [0.15, 0.2) is 11.5 Å². The van der Waals surface area contributed by atoms with Crippen LogP contribution in [0.2, 0.25) is 0 Å². The monoisotopic (exact) mass is 304 g/mol. The van der Waals surface area contributed by atoms with Gasteiger partial charge in [0.2, 0.25) is 0 Å². The summed E-state index contributed by atoms with van der Waals surface area (Å²) in [5.74, 6) is 0.377.